The average molecular weight is 334 g/mol. The summed E-state index contributed by atoms with van der Waals surface area (Å²) in [5, 5.41) is 0. The molecule has 0 unspecified atom stereocenters. The molecule has 0 atom stereocenters. The fourth-order valence-electron chi connectivity index (χ4n) is 3.55. The van der Waals surface area contributed by atoms with Crippen molar-refractivity contribution in [1.82, 2.24) is 9.38 Å². The highest BCUT2D eigenvalue weighted by Gasteiger charge is 2.22. The van der Waals surface area contributed by atoms with Crippen molar-refractivity contribution >= 4 is 11.5 Å². The van der Waals surface area contributed by atoms with E-state index in [1.807, 2.05) is 18.2 Å². The summed E-state index contributed by atoms with van der Waals surface area (Å²) in [4.78, 5) is 20.1. The molecule has 0 spiro atoms. The number of fused-ring (bicyclic) bond motifs is 2. The third-order valence-corrected chi connectivity index (χ3v) is 4.87. The molecule has 128 valence electrons. The third kappa shape index (κ3) is 2.91. The lowest BCUT2D eigenvalue weighted by Gasteiger charge is -2.31. The lowest BCUT2D eigenvalue weighted by molar-refractivity contribution is 0.705. The number of rotatable bonds is 4. The zero-order valence-electron chi connectivity index (χ0n) is 14.2. The summed E-state index contributed by atoms with van der Waals surface area (Å²) in [6.45, 7) is 2.24. The topological polar surface area (TPSA) is 63.6 Å². The SMILES string of the molecule is NCCCc1c(N2CCc3ccccc3C2)nc2ccccn2c1=O. The van der Waals surface area contributed by atoms with E-state index in [-0.39, 0.29) is 5.56 Å². The van der Waals surface area contributed by atoms with E-state index in [9.17, 15) is 4.79 Å². The summed E-state index contributed by atoms with van der Waals surface area (Å²) in [6.07, 6.45) is 4.20. The van der Waals surface area contributed by atoms with Crippen molar-refractivity contribution in [3.63, 3.8) is 0 Å². The van der Waals surface area contributed by atoms with Crippen molar-refractivity contribution in [1.29, 1.82) is 0 Å². The molecule has 0 radical (unpaired) electrons. The van der Waals surface area contributed by atoms with Crippen molar-refractivity contribution in [2.24, 2.45) is 5.73 Å². The van der Waals surface area contributed by atoms with Gasteiger partial charge in [-0.15, -0.1) is 0 Å². The number of nitrogens with zero attached hydrogens (tertiary/aromatic N) is 3. The van der Waals surface area contributed by atoms with Crippen LogP contribution in [0.4, 0.5) is 5.82 Å². The number of hydrogen-bond donors (Lipinski definition) is 1. The largest absolute Gasteiger partial charge is 0.351 e. The Hall–Kier alpha value is -2.66. The fourth-order valence-corrected chi connectivity index (χ4v) is 3.55. The molecule has 25 heavy (non-hydrogen) atoms. The van der Waals surface area contributed by atoms with E-state index < -0.39 is 0 Å². The second kappa shape index (κ2) is 6.69. The van der Waals surface area contributed by atoms with Crippen molar-refractivity contribution in [3.05, 3.63) is 75.7 Å². The Bertz CT molecular complexity index is 963. The molecule has 3 heterocycles. The van der Waals surface area contributed by atoms with Gasteiger partial charge in [0, 0.05) is 19.3 Å². The number of pyridine rings is 1. The van der Waals surface area contributed by atoms with Crippen LogP contribution in [0.25, 0.3) is 5.65 Å². The molecule has 0 fully saturated rings. The predicted octanol–water partition coefficient (Wildman–Crippen LogP) is 2.15. The second-order valence-corrected chi connectivity index (χ2v) is 6.48. The highest BCUT2D eigenvalue weighted by Crippen LogP contribution is 2.25. The maximum atomic E-state index is 13.0. The molecule has 0 aliphatic carbocycles. The van der Waals surface area contributed by atoms with Gasteiger partial charge in [-0.05, 0) is 49.1 Å². The Morgan fingerprint density at radius 3 is 2.72 bits per heavy atom. The molecule has 0 bridgehead atoms. The maximum Gasteiger partial charge on any atom is 0.263 e. The molecular formula is C20H22N4O. The second-order valence-electron chi connectivity index (χ2n) is 6.48. The van der Waals surface area contributed by atoms with Crippen LogP contribution in [0.5, 0.6) is 0 Å². The van der Waals surface area contributed by atoms with Crippen LogP contribution in [0, 0.1) is 0 Å². The van der Waals surface area contributed by atoms with Gasteiger partial charge in [0.1, 0.15) is 11.5 Å². The molecule has 1 aliphatic heterocycles. The molecule has 1 aliphatic rings. The van der Waals surface area contributed by atoms with Crippen LogP contribution < -0.4 is 16.2 Å². The summed E-state index contributed by atoms with van der Waals surface area (Å²) in [5.41, 5.74) is 9.88. The fraction of sp³-hybridized carbons (Fsp3) is 0.300. The molecule has 4 rings (SSSR count). The van der Waals surface area contributed by atoms with Crippen LogP contribution in [-0.2, 0) is 19.4 Å². The average Bonchev–Trinajstić information content (AvgIpc) is 2.67. The number of hydrogen-bond acceptors (Lipinski definition) is 4. The molecule has 0 saturated carbocycles. The van der Waals surface area contributed by atoms with Crippen molar-refractivity contribution in [3.8, 4) is 0 Å². The van der Waals surface area contributed by atoms with Crippen molar-refractivity contribution < 1.29 is 0 Å². The minimum Gasteiger partial charge on any atom is -0.351 e. The Kier molecular flexibility index (Phi) is 4.24. The van der Waals surface area contributed by atoms with Crippen LogP contribution in [-0.4, -0.2) is 22.5 Å². The van der Waals surface area contributed by atoms with E-state index >= 15 is 0 Å². The zero-order valence-corrected chi connectivity index (χ0v) is 14.2. The summed E-state index contributed by atoms with van der Waals surface area (Å²) in [7, 11) is 0. The highest BCUT2D eigenvalue weighted by molar-refractivity contribution is 5.55. The van der Waals surface area contributed by atoms with Crippen molar-refractivity contribution in [2.45, 2.75) is 25.8 Å². The zero-order chi connectivity index (χ0) is 17.2. The third-order valence-electron chi connectivity index (χ3n) is 4.87. The van der Waals surface area contributed by atoms with Crippen LogP contribution in [0.2, 0.25) is 0 Å². The van der Waals surface area contributed by atoms with E-state index in [0.29, 0.717) is 18.6 Å². The molecule has 2 aromatic heterocycles. The van der Waals surface area contributed by atoms with Crippen LogP contribution in [0.1, 0.15) is 23.1 Å². The lowest BCUT2D eigenvalue weighted by Crippen LogP contribution is -2.34. The van der Waals surface area contributed by atoms with Crippen LogP contribution in [0.15, 0.2) is 53.5 Å². The molecule has 0 saturated heterocycles. The minimum absolute atomic E-state index is 0.0212. The van der Waals surface area contributed by atoms with E-state index in [1.165, 1.54) is 11.1 Å². The molecule has 0 amide bonds. The summed E-state index contributed by atoms with van der Waals surface area (Å²) < 4.78 is 1.63. The van der Waals surface area contributed by atoms with E-state index in [0.717, 1.165) is 37.3 Å². The monoisotopic (exact) mass is 334 g/mol. The van der Waals surface area contributed by atoms with E-state index in [2.05, 4.69) is 29.2 Å². The lowest BCUT2D eigenvalue weighted by atomic mass is 9.99. The standard InChI is InChI=1S/C20H22N4O/c21-11-5-8-17-19(22-18-9-3-4-12-24(18)20(17)25)23-13-10-15-6-1-2-7-16(15)14-23/h1-4,6-7,9,12H,5,8,10-11,13-14,21H2. The van der Waals surface area contributed by atoms with Gasteiger partial charge in [0.25, 0.3) is 5.56 Å². The summed E-state index contributed by atoms with van der Waals surface area (Å²) >= 11 is 0. The number of aromatic nitrogens is 2. The molecule has 2 N–H and O–H groups in total. The van der Waals surface area contributed by atoms with Gasteiger partial charge in [0.15, 0.2) is 0 Å². The normalized spacial score (nSPS) is 13.9. The van der Waals surface area contributed by atoms with Gasteiger partial charge < -0.3 is 10.6 Å². The number of benzene rings is 1. The first-order valence-corrected chi connectivity index (χ1v) is 8.80. The minimum atomic E-state index is 0.0212. The molecular weight excluding hydrogens is 312 g/mol. The Balaban J connectivity index is 1.81. The molecule has 3 aromatic rings. The highest BCUT2D eigenvalue weighted by atomic mass is 16.1. The van der Waals surface area contributed by atoms with Crippen LogP contribution >= 0.6 is 0 Å². The first kappa shape index (κ1) is 15.8. The van der Waals surface area contributed by atoms with Crippen molar-refractivity contribution in [2.75, 3.05) is 18.0 Å². The Morgan fingerprint density at radius 1 is 1.08 bits per heavy atom. The predicted molar refractivity (Wildman–Crippen MR) is 100 cm³/mol. The smallest absolute Gasteiger partial charge is 0.263 e. The molecule has 5 nitrogen and oxygen atoms in total. The van der Waals surface area contributed by atoms with E-state index in [1.54, 1.807) is 10.6 Å². The van der Waals surface area contributed by atoms with Gasteiger partial charge in [-0.1, -0.05) is 30.3 Å². The summed E-state index contributed by atoms with van der Waals surface area (Å²) in [6, 6.07) is 14.2. The Morgan fingerprint density at radius 2 is 1.88 bits per heavy atom. The van der Waals surface area contributed by atoms with Gasteiger partial charge in [-0.3, -0.25) is 9.20 Å². The first-order valence-electron chi connectivity index (χ1n) is 8.80. The first-order chi connectivity index (χ1) is 12.3. The quantitative estimate of drug-likeness (QED) is 0.794. The number of anilines is 1. The van der Waals surface area contributed by atoms with Gasteiger partial charge >= 0.3 is 0 Å². The van der Waals surface area contributed by atoms with Gasteiger partial charge in [-0.25, -0.2) is 4.98 Å². The number of nitrogens with two attached hydrogens (primary N) is 1. The Labute approximate surface area is 146 Å². The van der Waals surface area contributed by atoms with Crippen LogP contribution in [0.3, 0.4) is 0 Å². The maximum absolute atomic E-state index is 13.0. The molecule has 1 aromatic carbocycles. The summed E-state index contributed by atoms with van der Waals surface area (Å²) in [5.74, 6) is 0.819. The van der Waals surface area contributed by atoms with Gasteiger partial charge in [-0.2, -0.15) is 0 Å². The van der Waals surface area contributed by atoms with Gasteiger partial charge in [0.2, 0.25) is 0 Å². The molecule has 5 heteroatoms. The van der Waals surface area contributed by atoms with E-state index in [4.69, 9.17) is 10.7 Å². The van der Waals surface area contributed by atoms with Gasteiger partial charge in [0.05, 0.1) is 5.56 Å².